The number of pyridine rings is 2. The molecule has 0 atom stereocenters. The van der Waals surface area contributed by atoms with Gasteiger partial charge >= 0.3 is 0 Å². The monoisotopic (exact) mass is 420 g/mol. The molecule has 32 heavy (non-hydrogen) atoms. The first-order chi connectivity index (χ1) is 15.8. The molecule has 0 unspecified atom stereocenters. The molecular formula is C23H16N8O. The van der Waals surface area contributed by atoms with Crippen molar-refractivity contribution in [2.24, 2.45) is 0 Å². The van der Waals surface area contributed by atoms with E-state index in [1.807, 2.05) is 42.5 Å². The lowest BCUT2D eigenvalue weighted by Crippen LogP contribution is -1.89. The Kier molecular flexibility index (Phi) is 4.10. The molecular weight excluding hydrogens is 404 g/mol. The van der Waals surface area contributed by atoms with Gasteiger partial charge in [-0.3, -0.25) is 20.1 Å². The van der Waals surface area contributed by atoms with Crippen LogP contribution in [0, 0.1) is 0 Å². The van der Waals surface area contributed by atoms with E-state index in [1.165, 1.54) is 0 Å². The topological polar surface area (TPSA) is 118 Å². The van der Waals surface area contributed by atoms with Crippen LogP contribution in [0.3, 0.4) is 0 Å². The molecule has 0 radical (unpaired) electrons. The molecule has 5 heterocycles. The minimum absolute atomic E-state index is 0.604. The average Bonchev–Trinajstić information content (AvgIpc) is 3.48. The summed E-state index contributed by atoms with van der Waals surface area (Å²) < 4.78 is 5.36. The quantitative estimate of drug-likeness (QED) is 0.442. The summed E-state index contributed by atoms with van der Waals surface area (Å²) >= 11 is 0. The maximum atomic E-state index is 5.36. The van der Waals surface area contributed by atoms with Crippen LogP contribution in [0.15, 0.2) is 67.3 Å². The van der Waals surface area contributed by atoms with Gasteiger partial charge in [-0.1, -0.05) is 12.1 Å². The molecule has 0 aliphatic carbocycles. The molecule has 6 rings (SSSR count). The molecule has 2 N–H and O–H groups in total. The van der Waals surface area contributed by atoms with E-state index in [2.05, 4.69) is 30.1 Å². The molecule has 0 fully saturated rings. The summed E-state index contributed by atoms with van der Waals surface area (Å²) in [5.41, 5.74) is 6.81. The van der Waals surface area contributed by atoms with Crippen molar-refractivity contribution in [3.05, 3.63) is 67.3 Å². The Hall–Kier alpha value is -4.66. The molecule has 0 bridgehead atoms. The first-order valence-corrected chi connectivity index (χ1v) is 9.91. The molecule has 5 aromatic heterocycles. The third-order valence-corrected chi connectivity index (χ3v) is 5.20. The van der Waals surface area contributed by atoms with Crippen molar-refractivity contribution in [3.8, 4) is 39.9 Å². The van der Waals surface area contributed by atoms with Gasteiger partial charge in [-0.05, 0) is 30.3 Å². The van der Waals surface area contributed by atoms with Gasteiger partial charge in [0.25, 0.3) is 0 Å². The lowest BCUT2D eigenvalue weighted by atomic mass is 10.1. The first kappa shape index (κ1) is 18.1. The van der Waals surface area contributed by atoms with Gasteiger partial charge in [-0.15, -0.1) is 0 Å². The molecule has 0 aliphatic heterocycles. The maximum Gasteiger partial charge on any atom is 0.161 e. The Morgan fingerprint density at radius 3 is 2.62 bits per heavy atom. The largest absolute Gasteiger partial charge is 0.497 e. The number of methoxy groups -OCH3 is 1. The summed E-state index contributed by atoms with van der Waals surface area (Å²) in [7, 11) is 1.64. The second kappa shape index (κ2) is 7.24. The van der Waals surface area contributed by atoms with E-state index in [9.17, 15) is 0 Å². The van der Waals surface area contributed by atoms with Crippen LogP contribution in [0.2, 0.25) is 0 Å². The van der Waals surface area contributed by atoms with E-state index in [0.717, 1.165) is 33.6 Å². The number of benzene rings is 1. The van der Waals surface area contributed by atoms with E-state index in [4.69, 9.17) is 14.7 Å². The number of fused-ring (bicyclic) bond motifs is 2. The summed E-state index contributed by atoms with van der Waals surface area (Å²) in [6, 6.07) is 13.5. The maximum absolute atomic E-state index is 5.36. The zero-order valence-corrected chi connectivity index (χ0v) is 16.9. The van der Waals surface area contributed by atoms with Crippen LogP contribution in [0.5, 0.6) is 5.75 Å². The van der Waals surface area contributed by atoms with Gasteiger partial charge in [0.05, 0.1) is 35.7 Å². The lowest BCUT2D eigenvalue weighted by Gasteiger charge is -2.04. The van der Waals surface area contributed by atoms with Crippen LogP contribution in [0.25, 0.3) is 56.2 Å². The zero-order valence-electron chi connectivity index (χ0n) is 16.9. The second-order valence-corrected chi connectivity index (χ2v) is 7.13. The smallest absolute Gasteiger partial charge is 0.161 e. The van der Waals surface area contributed by atoms with Crippen molar-refractivity contribution in [2.75, 3.05) is 7.11 Å². The molecule has 0 spiro atoms. The summed E-state index contributed by atoms with van der Waals surface area (Å²) in [6.45, 7) is 0. The molecule has 9 heteroatoms. The molecule has 0 saturated heterocycles. The average molecular weight is 420 g/mol. The standard InChI is InChI=1S/C23H16N8O/c1-32-14-4-2-3-13(11-14)19-20-16(7-8-26-19)28-23(29-20)22-21-17(30-31-22)6-5-15(27-21)18-12-24-9-10-25-18/h2-12H,1H3,(H,28,29)(H,30,31). The Labute approximate surface area is 181 Å². The van der Waals surface area contributed by atoms with Crippen LogP contribution in [0.4, 0.5) is 0 Å². The molecule has 0 saturated carbocycles. The van der Waals surface area contributed by atoms with Crippen LogP contribution < -0.4 is 4.74 Å². The molecule has 6 aromatic rings. The number of H-pyrrole nitrogens is 2. The number of nitrogens with zero attached hydrogens (tertiary/aromatic N) is 6. The van der Waals surface area contributed by atoms with Gasteiger partial charge in [-0.2, -0.15) is 5.10 Å². The third kappa shape index (κ3) is 2.95. The highest BCUT2D eigenvalue weighted by Crippen LogP contribution is 2.31. The Morgan fingerprint density at radius 1 is 0.812 bits per heavy atom. The summed E-state index contributed by atoms with van der Waals surface area (Å²) in [6.07, 6.45) is 6.71. The third-order valence-electron chi connectivity index (χ3n) is 5.20. The van der Waals surface area contributed by atoms with Gasteiger partial charge in [-0.25, -0.2) is 9.97 Å². The fourth-order valence-electron chi connectivity index (χ4n) is 3.67. The predicted octanol–water partition coefficient (Wildman–Crippen LogP) is 4.03. The summed E-state index contributed by atoms with van der Waals surface area (Å²) in [5, 5.41) is 7.50. The van der Waals surface area contributed by atoms with E-state index in [-0.39, 0.29) is 0 Å². The Bertz CT molecular complexity index is 1570. The Morgan fingerprint density at radius 2 is 1.75 bits per heavy atom. The number of hydrogen-bond donors (Lipinski definition) is 2. The van der Waals surface area contributed by atoms with Gasteiger partial charge in [0.2, 0.25) is 0 Å². The molecule has 0 amide bonds. The van der Waals surface area contributed by atoms with Gasteiger partial charge in [0, 0.05) is 24.2 Å². The van der Waals surface area contributed by atoms with Crippen molar-refractivity contribution in [1.82, 2.24) is 40.1 Å². The van der Waals surface area contributed by atoms with Gasteiger partial charge < -0.3 is 9.72 Å². The number of ether oxygens (including phenoxy) is 1. The highest BCUT2D eigenvalue weighted by molar-refractivity contribution is 5.95. The zero-order chi connectivity index (χ0) is 21.5. The lowest BCUT2D eigenvalue weighted by molar-refractivity contribution is 0.415. The van der Waals surface area contributed by atoms with Crippen molar-refractivity contribution in [1.29, 1.82) is 0 Å². The highest BCUT2D eigenvalue weighted by atomic mass is 16.5. The van der Waals surface area contributed by atoms with Crippen LogP contribution >= 0.6 is 0 Å². The van der Waals surface area contributed by atoms with Crippen LogP contribution in [0.1, 0.15) is 0 Å². The van der Waals surface area contributed by atoms with Gasteiger partial charge in [0.1, 0.15) is 22.5 Å². The van der Waals surface area contributed by atoms with E-state index >= 15 is 0 Å². The van der Waals surface area contributed by atoms with E-state index in [1.54, 1.807) is 31.9 Å². The van der Waals surface area contributed by atoms with Crippen molar-refractivity contribution >= 4 is 22.1 Å². The van der Waals surface area contributed by atoms with E-state index in [0.29, 0.717) is 28.4 Å². The molecule has 1 aromatic carbocycles. The van der Waals surface area contributed by atoms with Crippen molar-refractivity contribution < 1.29 is 4.74 Å². The van der Waals surface area contributed by atoms with E-state index < -0.39 is 0 Å². The molecule has 0 aliphatic rings. The number of imidazole rings is 1. The fourth-order valence-corrected chi connectivity index (χ4v) is 3.67. The van der Waals surface area contributed by atoms with Gasteiger partial charge in [0.15, 0.2) is 11.5 Å². The summed E-state index contributed by atoms with van der Waals surface area (Å²) in [4.78, 5) is 26.0. The number of hydrogen-bond acceptors (Lipinski definition) is 7. The second-order valence-electron chi connectivity index (χ2n) is 7.13. The number of rotatable bonds is 4. The molecule has 9 nitrogen and oxygen atoms in total. The predicted molar refractivity (Wildman–Crippen MR) is 120 cm³/mol. The molecule has 154 valence electrons. The minimum Gasteiger partial charge on any atom is -0.497 e. The SMILES string of the molecule is COc1cccc(-c2nccc3[nH]c(-c4n[nH]c5ccc(-c6cnccn6)nc45)nc23)c1. The van der Waals surface area contributed by atoms with Crippen molar-refractivity contribution in [3.63, 3.8) is 0 Å². The number of aromatic nitrogens is 8. The van der Waals surface area contributed by atoms with Crippen molar-refractivity contribution in [2.45, 2.75) is 0 Å². The highest BCUT2D eigenvalue weighted by Gasteiger charge is 2.17. The van der Waals surface area contributed by atoms with Crippen LogP contribution in [-0.2, 0) is 0 Å². The minimum atomic E-state index is 0.604. The number of aromatic amines is 2. The Balaban J connectivity index is 1.50. The number of nitrogens with one attached hydrogen (secondary N) is 2. The summed E-state index contributed by atoms with van der Waals surface area (Å²) in [5.74, 6) is 1.36. The first-order valence-electron chi connectivity index (χ1n) is 9.91. The van der Waals surface area contributed by atoms with Crippen LogP contribution in [-0.4, -0.2) is 47.2 Å². The normalized spacial score (nSPS) is 11.3. The fraction of sp³-hybridized carbons (Fsp3) is 0.0435.